The fourth-order valence-corrected chi connectivity index (χ4v) is 2.06. The SMILES string of the molecule is CCN(CC)C(=O)COC1(C)CCCNC1. The minimum atomic E-state index is -0.166. The maximum Gasteiger partial charge on any atom is 0.248 e. The van der Waals surface area contributed by atoms with Crippen molar-refractivity contribution < 1.29 is 9.53 Å². The average molecular weight is 228 g/mol. The molecule has 0 radical (unpaired) electrons. The molecule has 0 aromatic heterocycles. The monoisotopic (exact) mass is 228 g/mol. The third kappa shape index (κ3) is 3.76. The van der Waals surface area contributed by atoms with Crippen LogP contribution >= 0.6 is 0 Å². The number of piperidine rings is 1. The van der Waals surface area contributed by atoms with Gasteiger partial charge in [-0.15, -0.1) is 0 Å². The van der Waals surface area contributed by atoms with E-state index >= 15 is 0 Å². The van der Waals surface area contributed by atoms with E-state index in [2.05, 4.69) is 12.2 Å². The highest BCUT2D eigenvalue weighted by molar-refractivity contribution is 5.77. The van der Waals surface area contributed by atoms with Crippen LogP contribution in [0.1, 0.15) is 33.6 Å². The molecule has 0 spiro atoms. The Labute approximate surface area is 98.3 Å². The number of carbonyl (C=O) groups is 1. The molecule has 94 valence electrons. The van der Waals surface area contributed by atoms with Gasteiger partial charge >= 0.3 is 0 Å². The topological polar surface area (TPSA) is 41.6 Å². The molecule has 0 bridgehead atoms. The zero-order valence-electron chi connectivity index (χ0n) is 10.7. The van der Waals surface area contributed by atoms with Crippen molar-refractivity contribution in [3.63, 3.8) is 0 Å². The van der Waals surface area contributed by atoms with Gasteiger partial charge in [0.05, 0.1) is 5.60 Å². The number of rotatable bonds is 5. The molecule has 1 fully saturated rings. The van der Waals surface area contributed by atoms with Gasteiger partial charge in [0.15, 0.2) is 0 Å². The van der Waals surface area contributed by atoms with Gasteiger partial charge in [0.25, 0.3) is 0 Å². The number of nitrogens with zero attached hydrogens (tertiary/aromatic N) is 1. The molecule has 0 saturated carbocycles. The highest BCUT2D eigenvalue weighted by Crippen LogP contribution is 2.19. The van der Waals surface area contributed by atoms with E-state index in [-0.39, 0.29) is 18.1 Å². The van der Waals surface area contributed by atoms with E-state index in [0.717, 1.165) is 39.0 Å². The Morgan fingerprint density at radius 1 is 1.44 bits per heavy atom. The van der Waals surface area contributed by atoms with Crippen LogP contribution in [0.5, 0.6) is 0 Å². The Morgan fingerprint density at radius 3 is 2.62 bits per heavy atom. The number of ether oxygens (including phenoxy) is 1. The first kappa shape index (κ1) is 13.5. The lowest BCUT2D eigenvalue weighted by Gasteiger charge is -2.34. The summed E-state index contributed by atoms with van der Waals surface area (Å²) < 4.78 is 5.76. The van der Waals surface area contributed by atoms with E-state index in [9.17, 15) is 4.79 Å². The third-order valence-corrected chi connectivity index (χ3v) is 3.22. The van der Waals surface area contributed by atoms with Crippen LogP contribution < -0.4 is 5.32 Å². The summed E-state index contributed by atoms with van der Waals surface area (Å²) in [6.07, 6.45) is 2.15. The molecule has 1 atom stereocenters. The molecule has 1 N–H and O–H groups in total. The Morgan fingerprint density at radius 2 is 2.12 bits per heavy atom. The summed E-state index contributed by atoms with van der Waals surface area (Å²) in [6, 6.07) is 0. The first-order valence-electron chi connectivity index (χ1n) is 6.23. The maximum atomic E-state index is 11.8. The Kier molecular flexibility index (Phi) is 5.22. The normalized spacial score (nSPS) is 25.4. The molecule has 1 aliphatic heterocycles. The molecule has 0 aromatic rings. The molecule has 4 nitrogen and oxygen atoms in total. The summed E-state index contributed by atoms with van der Waals surface area (Å²) in [7, 11) is 0. The molecule has 1 saturated heterocycles. The van der Waals surface area contributed by atoms with Crippen molar-refractivity contribution in [2.75, 3.05) is 32.8 Å². The second-order valence-electron chi connectivity index (χ2n) is 4.58. The lowest BCUT2D eigenvalue weighted by Crippen LogP contribution is -2.47. The fourth-order valence-electron chi connectivity index (χ4n) is 2.06. The van der Waals surface area contributed by atoms with Gasteiger partial charge in [-0.2, -0.15) is 0 Å². The third-order valence-electron chi connectivity index (χ3n) is 3.22. The first-order chi connectivity index (χ1) is 7.61. The van der Waals surface area contributed by atoms with E-state index in [1.807, 2.05) is 13.8 Å². The van der Waals surface area contributed by atoms with Crippen molar-refractivity contribution in [1.82, 2.24) is 10.2 Å². The largest absolute Gasteiger partial charge is 0.364 e. The van der Waals surface area contributed by atoms with Gasteiger partial charge in [-0.1, -0.05) is 0 Å². The highest BCUT2D eigenvalue weighted by Gasteiger charge is 2.28. The molecule has 4 heteroatoms. The molecule has 1 amide bonds. The number of carbonyl (C=O) groups excluding carboxylic acids is 1. The molecular weight excluding hydrogens is 204 g/mol. The summed E-state index contributed by atoms with van der Waals surface area (Å²) >= 11 is 0. The van der Waals surface area contributed by atoms with Crippen LogP contribution in [0.2, 0.25) is 0 Å². The average Bonchev–Trinajstić information content (AvgIpc) is 2.29. The Balaban J connectivity index is 2.35. The minimum absolute atomic E-state index is 0.0943. The van der Waals surface area contributed by atoms with E-state index in [0.29, 0.717) is 0 Å². The van der Waals surface area contributed by atoms with Crippen LogP contribution in [0, 0.1) is 0 Å². The van der Waals surface area contributed by atoms with Gasteiger partial charge in [-0.05, 0) is 40.2 Å². The Bertz CT molecular complexity index is 221. The van der Waals surface area contributed by atoms with Crippen molar-refractivity contribution in [2.24, 2.45) is 0 Å². The van der Waals surface area contributed by atoms with Gasteiger partial charge in [-0.25, -0.2) is 0 Å². The van der Waals surface area contributed by atoms with Crippen LogP contribution in [0.3, 0.4) is 0 Å². The van der Waals surface area contributed by atoms with E-state index in [4.69, 9.17) is 4.74 Å². The first-order valence-corrected chi connectivity index (χ1v) is 6.23. The second-order valence-corrected chi connectivity index (χ2v) is 4.58. The Hall–Kier alpha value is -0.610. The van der Waals surface area contributed by atoms with Crippen LogP contribution in [-0.4, -0.2) is 49.2 Å². The molecule has 0 aliphatic carbocycles. The van der Waals surface area contributed by atoms with Crippen molar-refractivity contribution in [2.45, 2.75) is 39.2 Å². The van der Waals surface area contributed by atoms with Crippen LogP contribution in [0.15, 0.2) is 0 Å². The lowest BCUT2D eigenvalue weighted by atomic mass is 9.96. The van der Waals surface area contributed by atoms with Crippen molar-refractivity contribution >= 4 is 5.91 Å². The van der Waals surface area contributed by atoms with Gasteiger partial charge in [0, 0.05) is 19.6 Å². The van der Waals surface area contributed by atoms with Gasteiger partial charge < -0.3 is 15.0 Å². The fraction of sp³-hybridized carbons (Fsp3) is 0.917. The van der Waals surface area contributed by atoms with Crippen LogP contribution in [0.25, 0.3) is 0 Å². The summed E-state index contributed by atoms with van der Waals surface area (Å²) in [5.41, 5.74) is -0.166. The van der Waals surface area contributed by atoms with Crippen molar-refractivity contribution in [1.29, 1.82) is 0 Å². The molecule has 16 heavy (non-hydrogen) atoms. The molecule has 1 aliphatic rings. The van der Waals surface area contributed by atoms with E-state index < -0.39 is 0 Å². The zero-order valence-corrected chi connectivity index (χ0v) is 10.7. The number of hydrogen-bond donors (Lipinski definition) is 1. The molecule has 1 unspecified atom stereocenters. The summed E-state index contributed by atoms with van der Waals surface area (Å²) in [5, 5.41) is 3.31. The second kappa shape index (κ2) is 6.21. The lowest BCUT2D eigenvalue weighted by molar-refractivity contribution is -0.143. The molecule has 1 rings (SSSR count). The zero-order chi connectivity index (χ0) is 12.0. The van der Waals surface area contributed by atoms with E-state index in [1.54, 1.807) is 4.90 Å². The minimum Gasteiger partial charge on any atom is -0.364 e. The molecule has 0 aromatic carbocycles. The van der Waals surface area contributed by atoms with E-state index in [1.165, 1.54) is 0 Å². The summed E-state index contributed by atoms with van der Waals surface area (Å²) in [5.74, 6) is 0.0943. The predicted molar refractivity (Wildman–Crippen MR) is 64.4 cm³/mol. The number of amides is 1. The quantitative estimate of drug-likeness (QED) is 0.763. The summed E-state index contributed by atoms with van der Waals surface area (Å²) in [4.78, 5) is 13.6. The number of nitrogens with one attached hydrogen (secondary N) is 1. The summed E-state index contributed by atoms with van der Waals surface area (Å²) in [6.45, 7) is 9.69. The van der Waals surface area contributed by atoms with Crippen molar-refractivity contribution in [3.05, 3.63) is 0 Å². The van der Waals surface area contributed by atoms with Crippen LogP contribution in [-0.2, 0) is 9.53 Å². The predicted octanol–water partition coefficient (Wildman–Crippen LogP) is 1.01. The number of likely N-dealkylation sites (N-methyl/N-ethyl adjacent to an activating group) is 1. The maximum absolute atomic E-state index is 11.8. The van der Waals surface area contributed by atoms with Crippen molar-refractivity contribution in [3.8, 4) is 0 Å². The van der Waals surface area contributed by atoms with Gasteiger partial charge in [0.1, 0.15) is 6.61 Å². The van der Waals surface area contributed by atoms with Gasteiger partial charge in [-0.3, -0.25) is 4.79 Å². The standard InChI is InChI=1S/C12H24N2O2/c1-4-14(5-2)11(15)9-16-12(3)7-6-8-13-10-12/h13H,4-10H2,1-3H3. The molecule has 1 heterocycles. The molecular formula is C12H24N2O2. The highest BCUT2D eigenvalue weighted by atomic mass is 16.5. The van der Waals surface area contributed by atoms with Gasteiger partial charge in [0.2, 0.25) is 5.91 Å². The number of hydrogen-bond acceptors (Lipinski definition) is 3. The smallest absolute Gasteiger partial charge is 0.248 e. The van der Waals surface area contributed by atoms with Crippen LogP contribution in [0.4, 0.5) is 0 Å².